The summed E-state index contributed by atoms with van der Waals surface area (Å²) in [7, 11) is 0. The van der Waals surface area contributed by atoms with E-state index in [0.717, 1.165) is 19.3 Å². The van der Waals surface area contributed by atoms with Crippen molar-refractivity contribution in [2.75, 3.05) is 6.61 Å². The van der Waals surface area contributed by atoms with Crippen LogP contribution >= 0.6 is 0 Å². The Labute approximate surface area is 99.7 Å². The summed E-state index contributed by atoms with van der Waals surface area (Å²) in [5.41, 5.74) is 0. The molecule has 0 saturated carbocycles. The van der Waals surface area contributed by atoms with Crippen LogP contribution in [0.25, 0.3) is 0 Å². The highest BCUT2D eigenvalue weighted by Crippen LogP contribution is 2.31. The molecule has 3 N–H and O–H groups in total. The molecule has 0 aliphatic carbocycles. The smallest absolute Gasteiger partial charge is 0.335 e. The molecule has 1 heterocycles. The van der Waals surface area contributed by atoms with E-state index in [1.807, 2.05) is 0 Å². The van der Waals surface area contributed by atoms with Gasteiger partial charge in [-0.15, -0.1) is 9.78 Å². The maximum atomic E-state index is 9.47. The van der Waals surface area contributed by atoms with Gasteiger partial charge < -0.3 is 20.1 Å². The van der Waals surface area contributed by atoms with Gasteiger partial charge in [-0.25, -0.2) is 0 Å². The molecule has 0 radical (unpaired) electrons. The van der Waals surface area contributed by atoms with Crippen LogP contribution in [-0.2, 0) is 19.6 Å². The summed E-state index contributed by atoms with van der Waals surface area (Å²) >= 11 is 0. The molecule has 0 aromatic rings. The highest BCUT2D eigenvalue weighted by Gasteiger charge is 2.62. The summed E-state index contributed by atoms with van der Waals surface area (Å²) in [4.78, 5) is 7.99. The Morgan fingerprint density at radius 2 is 1.59 bits per heavy atom. The average Bonchev–Trinajstić information content (AvgIpc) is 2.53. The van der Waals surface area contributed by atoms with E-state index in [9.17, 15) is 5.11 Å². The average molecular weight is 252 g/mol. The molecule has 1 atom stereocenters. The Hall–Kier alpha value is -0.280. The summed E-state index contributed by atoms with van der Waals surface area (Å²) in [5, 5.41) is 31.5. The molecule has 0 bridgehead atoms. The van der Waals surface area contributed by atoms with Crippen LogP contribution in [0.4, 0.5) is 0 Å². The summed E-state index contributed by atoms with van der Waals surface area (Å²) in [6.07, 6.45) is 6.22. The number of rotatable bonds is 8. The van der Waals surface area contributed by atoms with E-state index in [-0.39, 0.29) is 6.61 Å². The lowest BCUT2D eigenvalue weighted by Crippen LogP contribution is -2.54. The molecular formula is C10H20O7. The van der Waals surface area contributed by atoms with Gasteiger partial charge in [0, 0.05) is 0 Å². The van der Waals surface area contributed by atoms with Gasteiger partial charge in [-0.2, -0.15) is 0 Å². The van der Waals surface area contributed by atoms with Crippen molar-refractivity contribution in [3.8, 4) is 0 Å². The van der Waals surface area contributed by atoms with Crippen molar-refractivity contribution in [2.45, 2.75) is 57.4 Å². The third-order valence-corrected chi connectivity index (χ3v) is 2.50. The van der Waals surface area contributed by atoms with E-state index in [4.69, 9.17) is 14.9 Å². The van der Waals surface area contributed by atoms with Gasteiger partial charge in [-0.05, 0) is 6.42 Å². The van der Waals surface area contributed by atoms with Crippen LogP contribution in [0.1, 0.15) is 45.4 Å². The van der Waals surface area contributed by atoms with E-state index < -0.39 is 11.9 Å². The Kier molecular flexibility index (Phi) is 5.74. The first-order valence-corrected chi connectivity index (χ1v) is 5.86. The molecule has 1 rings (SSSR count). The standard InChI is InChI=1S/C10H20O7/c1-2-3-4-5-6-7-8-14-10(13)9(11,12)15-17-16-10/h11-13H,2-8H2,1H3. The fourth-order valence-corrected chi connectivity index (χ4v) is 1.43. The molecule has 0 aromatic carbocycles. The summed E-state index contributed by atoms with van der Waals surface area (Å²) in [6, 6.07) is 0. The first kappa shape index (κ1) is 14.8. The first-order valence-electron chi connectivity index (χ1n) is 5.86. The second-order valence-corrected chi connectivity index (χ2v) is 4.04. The predicted molar refractivity (Wildman–Crippen MR) is 54.7 cm³/mol. The van der Waals surface area contributed by atoms with Gasteiger partial charge in [0.05, 0.1) is 6.61 Å². The molecule has 7 nitrogen and oxygen atoms in total. The Balaban J connectivity index is 2.10. The highest BCUT2D eigenvalue weighted by molar-refractivity contribution is 4.65. The van der Waals surface area contributed by atoms with Gasteiger partial charge in [0.2, 0.25) is 0 Å². The topological polar surface area (TPSA) is 97.6 Å². The molecule has 1 aliphatic heterocycles. The monoisotopic (exact) mass is 252 g/mol. The van der Waals surface area contributed by atoms with Crippen LogP contribution in [0.15, 0.2) is 0 Å². The van der Waals surface area contributed by atoms with E-state index in [1.54, 1.807) is 0 Å². The van der Waals surface area contributed by atoms with Gasteiger partial charge >= 0.3 is 11.9 Å². The van der Waals surface area contributed by atoms with E-state index in [1.165, 1.54) is 12.8 Å². The van der Waals surface area contributed by atoms with Crippen LogP contribution in [-0.4, -0.2) is 33.9 Å². The maximum absolute atomic E-state index is 9.47. The molecule has 7 heteroatoms. The molecule has 1 fully saturated rings. The summed E-state index contributed by atoms with van der Waals surface area (Å²) < 4.78 is 4.80. The number of hydrogen-bond acceptors (Lipinski definition) is 7. The van der Waals surface area contributed by atoms with Crippen LogP contribution < -0.4 is 0 Å². The number of aliphatic hydroxyl groups is 3. The molecule has 0 spiro atoms. The molecule has 1 saturated heterocycles. The molecular weight excluding hydrogens is 232 g/mol. The highest BCUT2D eigenvalue weighted by atomic mass is 17.6. The minimum Gasteiger partial charge on any atom is -0.335 e. The first-order chi connectivity index (χ1) is 8.02. The van der Waals surface area contributed by atoms with E-state index >= 15 is 0 Å². The fourth-order valence-electron chi connectivity index (χ4n) is 1.43. The second-order valence-electron chi connectivity index (χ2n) is 4.04. The minimum absolute atomic E-state index is 0.109. The molecule has 1 unspecified atom stereocenters. The quantitative estimate of drug-likeness (QED) is 0.329. The zero-order valence-electron chi connectivity index (χ0n) is 9.92. The minimum atomic E-state index is -3.02. The normalized spacial score (nSPS) is 27.5. The SMILES string of the molecule is CCCCCCCCOC1(O)OOOC1(O)O. The summed E-state index contributed by atoms with van der Waals surface area (Å²) in [5.74, 6) is -5.72. The lowest BCUT2D eigenvalue weighted by Gasteiger charge is -2.24. The number of ether oxygens (including phenoxy) is 1. The molecule has 1 aliphatic rings. The van der Waals surface area contributed by atoms with E-state index in [2.05, 4.69) is 21.7 Å². The second kappa shape index (κ2) is 6.60. The molecule has 17 heavy (non-hydrogen) atoms. The van der Waals surface area contributed by atoms with Crippen LogP contribution in [0.2, 0.25) is 0 Å². The van der Waals surface area contributed by atoms with Crippen molar-refractivity contribution in [1.29, 1.82) is 0 Å². The van der Waals surface area contributed by atoms with Gasteiger partial charge in [0.15, 0.2) is 0 Å². The summed E-state index contributed by atoms with van der Waals surface area (Å²) in [6.45, 7) is 2.25. The third-order valence-electron chi connectivity index (χ3n) is 2.50. The fraction of sp³-hybridized carbons (Fsp3) is 1.00. The largest absolute Gasteiger partial charge is 0.399 e. The maximum Gasteiger partial charge on any atom is 0.399 e. The van der Waals surface area contributed by atoms with Gasteiger partial charge in [-0.1, -0.05) is 44.1 Å². The van der Waals surface area contributed by atoms with Crippen LogP contribution in [0.3, 0.4) is 0 Å². The van der Waals surface area contributed by atoms with Gasteiger partial charge in [-0.3, -0.25) is 0 Å². The lowest BCUT2D eigenvalue weighted by molar-refractivity contribution is -0.522. The van der Waals surface area contributed by atoms with Crippen molar-refractivity contribution in [3.05, 3.63) is 0 Å². The predicted octanol–water partition coefficient (Wildman–Crippen LogP) is 0.541. The Morgan fingerprint density at radius 1 is 0.941 bits per heavy atom. The van der Waals surface area contributed by atoms with Crippen molar-refractivity contribution in [2.24, 2.45) is 0 Å². The van der Waals surface area contributed by atoms with Gasteiger partial charge in [0.25, 0.3) is 0 Å². The number of unbranched alkanes of at least 4 members (excludes halogenated alkanes) is 5. The van der Waals surface area contributed by atoms with Crippen molar-refractivity contribution in [1.82, 2.24) is 0 Å². The molecule has 0 amide bonds. The van der Waals surface area contributed by atoms with Gasteiger partial charge in [0.1, 0.15) is 0 Å². The van der Waals surface area contributed by atoms with E-state index in [0.29, 0.717) is 6.42 Å². The molecule has 102 valence electrons. The van der Waals surface area contributed by atoms with Crippen molar-refractivity contribution >= 4 is 0 Å². The molecule has 0 aromatic heterocycles. The van der Waals surface area contributed by atoms with Crippen LogP contribution in [0, 0.1) is 0 Å². The zero-order chi connectivity index (χ0) is 12.8. The van der Waals surface area contributed by atoms with Crippen LogP contribution in [0.5, 0.6) is 0 Å². The Morgan fingerprint density at radius 3 is 2.18 bits per heavy atom. The Bertz CT molecular complexity index is 221. The third kappa shape index (κ3) is 4.14. The lowest BCUT2D eigenvalue weighted by atomic mass is 10.1. The zero-order valence-corrected chi connectivity index (χ0v) is 9.92. The van der Waals surface area contributed by atoms with Crippen molar-refractivity contribution < 1.29 is 34.9 Å². The number of hydrogen-bond donors (Lipinski definition) is 3. The van der Waals surface area contributed by atoms with Crippen molar-refractivity contribution in [3.63, 3.8) is 0 Å².